The smallest absolute Gasteiger partial charge is 0.261 e. The maximum atomic E-state index is 13.2. The summed E-state index contributed by atoms with van der Waals surface area (Å²) in [5.74, 6) is -0.164. The average molecular weight is 578 g/mol. The van der Waals surface area contributed by atoms with Gasteiger partial charge in [-0.2, -0.15) is 0 Å². The van der Waals surface area contributed by atoms with E-state index in [4.69, 9.17) is 11.6 Å². The summed E-state index contributed by atoms with van der Waals surface area (Å²) in [5, 5.41) is 4.86. The molecule has 2 aliphatic rings. The molecule has 0 radical (unpaired) electrons. The van der Waals surface area contributed by atoms with Crippen LogP contribution >= 0.6 is 11.6 Å². The van der Waals surface area contributed by atoms with E-state index < -0.39 is 17.3 Å². The molecule has 3 aromatic heterocycles. The Kier molecular flexibility index (Phi) is 7.37. The highest BCUT2D eigenvalue weighted by Crippen LogP contribution is 2.36. The number of aromatic nitrogens is 3. The molecular formula is C28H26ClN6O4S-. The number of rotatable bonds is 8. The molecule has 3 N–H and O–H groups in total. The Morgan fingerprint density at radius 1 is 1.05 bits per heavy atom. The highest BCUT2D eigenvalue weighted by molar-refractivity contribution is 7.77. The molecule has 1 fully saturated rings. The van der Waals surface area contributed by atoms with Gasteiger partial charge in [-0.25, -0.2) is 14.7 Å². The standard InChI is InChI=1S/C28H27ClN6O4S/c29-24-12-17(22-14-31-26-19(22)6-3-11-30-26)13-25(34-24)33-18-9-7-16(8-10-18)23(15-32-40(38)39)35-27(36)20-4-1-2-5-21(20)28(35)37/h1-6,11-14,16,18,23,32H,7-10,15H2,(H,30,31)(H,33,34)(H,38,39)/p-1. The minimum Gasteiger partial charge on any atom is -0.760 e. The Morgan fingerprint density at radius 3 is 2.48 bits per heavy atom. The molecule has 4 heterocycles. The van der Waals surface area contributed by atoms with Gasteiger partial charge in [0.15, 0.2) is 0 Å². The zero-order valence-corrected chi connectivity index (χ0v) is 22.9. The molecular weight excluding hydrogens is 552 g/mol. The third-order valence-corrected chi connectivity index (χ3v) is 8.39. The fraction of sp³-hybridized carbons (Fsp3) is 0.286. The number of hydrogen-bond acceptors (Lipinski definition) is 7. The van der Waals surface area contributed by atoms with Crippen LogP contribution in [0.4, 0.5) is 5.82 Å². The van der Waals surface area contributed by atoms with Crippen LogP contribution in [-0.4, -0.2) is 59.1 Å². The van der Waals surface area contributed by atoms with E-state index in [1.165, 1.54) is 4.90 Å². The molecule has 2 atom stereocenters. The average Bonchev–Trinajstić information content (AvgIpc) is 3.49. The zero-order valence-electron chi connectivity index (χ0n) is 21.3. The van der Waals surface area contributed by atoms with Gasteiger partial charge in [-0.1, -0.05) is 23.7 Å². The molecule has 12 heteroatoms. The second kappa shape index (κ2) is 11.1. The summed E-state index contributed by atoms with van der Waals surface area (Å²) in [7, 11) is 0. The second-order valence-electron chi connectivity index (χ2n) is 10.1. The van der Waals surface area contributed by atoms with E-state index in [9.17, 15) is 18.4 Å². The Morgan fingerprint density at radius 2 is 1.77 bits per heavy atom. The summed E-state index contributed by atoms with van der Waals surface area (Å²) >= 11 is 3.88. The molecule has 4 aromatic rings. The number of amides is 2. The van der Waals surface area contributed by atoms with Crippen molar-refractivity contribution in [3.8, 4) is 11.1 Å². The Hall–Kier alpha value is -3.64. The lowest BCUT2D eigenvalue weighted by Crippen LogP contribution is -2.51. The van der Waals surface area contributed by atoms with Gasteiger partial charge in [-0.3, -0.25) is 18.7 Å². The minimum atomic E-state index is -2.51. The minimum absolute atomic E-state index is 0.0248. The number of carbonyl (C=O) groups excluding carboxylic acids is 2. The van der Waals surface area contributed by atoms with Crippen molar-refractivity contribution in [1.82, 2.24) is 24.6 Å². The molecule has 2 unspecified atom stereocenters. The molecule has 206 valence electrons. The molecule has 2 amide bonds. The number of imide groups is 1. The summed E-state index contributed by atoms with van der Waals surface area (Å²) in [6, 6.07) is 13.9. The quantitative estimate of drug-likeness (QED) is 0.161. The zero-order chi connectivity index (χ0) is 27.8. The normalized spacial score (nSPS) is 20.5. The van der Waals surface area contributed by atoms with Crippen LogP contribution in [0, 0.1) is 5.92 Å². The lowest BCUT2D eigenvalue weighted by atomic mass is 9.80. The third kappa shape index (κ3) is 5.13. The van der Waals surface area contributed by atoms with E-state index in [1.54, 1.807) is 30.5 Å². The molecule has 6 rings (SSSR count). The van der Waals surface area contributed by atoms with E-state index in [0.29, 0.717) is 34.9 Å². The van der Waals surface area contributed by atoms with Crippen LogP contribution in [0.3, 0.4) is 0 Å². The van der Waals surface area contributed by atoms with Crippen molar-refractivity contribution in [2.24, 2.45) is 5.92 Å². The molecule has 0 spiro atoms. The van der Waals surface area contributed by atoms with Crippen molar-refractivity contribution in [2.45, 2.75) is 37.8 Å². The number of hydrogen-bond donors (Lipinski definition) is 3. The van der Waals surface area contributed by atoms with E-state index >= 15 is 0 Å². The Labute approximate surface area is 238 Å². The number of nitrogens with zero attached hydrogens (tertiary/aromatic N) is 3. The first kappa shape index (κ1) is 26.6. The maximum absolute atomic E-state index is 13.2. The first-order chi connectivity index (χ1) is 19.4. The largest absolute Gasteiger partial charge is 0.760 e. The summed E-state index contributed by atoms with van der Waals surface area (Å²) < 4.78 is 25.0. The number of pyridine rings is 2. The van der Waals surface area contributed by atoms with Crippen molar-refractivity contribution in [1.29, 1.82) is 0 Å². The van der Waals surface area contributed by atoms with Gasteiger partial charge in [0.25, 0.3) is 11.8 Å². The molecule has 1 aliphatic carbocycles. The molecule has 1 saturated carbocycles. The monoisotopic (exact) mass is 577 g/mol. The van der Waals surface area contributed by atoms with Gasteiger partial charge in [0, 0.05) is 47.2 Å². The van der Waals surface area contributed by atoms with Crippen molar-refractivity contribution >= 4 is 51.5 Å². The van der Waals surface area contributed by atoms with E-state index in [1.807, 2.05) is 30.5 Å². The van der Waals surface area contributed by atoms with Gasteiger partial charge in [-0.15, -0.1) is 0 Å². The summed E-state index contributed by atoms with van der Waals surface area (Å²) in [6.45, 7) is -0.0248. The second-order valence-corrected chi connectivity index (χ2v) is 11.2. The predicted molar refractivity (Wildman–Crippen MR) is 151 cm³/mol. The van der Waals surface area contributed by atoms with Crippen molar-refractivity contribution < 1.29 is 18.4 Å². The van der Waals surface area contributed by atoms with Crippen LogP contribution in [0.25, 0.3) is 22.2 Å². The highest BCUT2D eigenvalue weighted by Gasteiger charge is 2.43. The van der Waals surface area contributed by atoms with Crippen LogP contribution < -0.4 is 10.0 Å². The predicted octanol–water partition coefficient (Wildman–Crippen LogP) is 4.30. The van der Waals surface area contributed by atoms with E-state index in [0.717, 1.165) is 35.0 Å². The molecule has 1 aliphatic heterocycles. The fourth-order valence-corrected chi connectivity index (χ4v) is 6.43. The number of H-pyrrole nitrogens is 1. The number of aromatic amines is 1. The van der Waals surface area contributed by atoms with Gasteiger partial charge >= 0.3 is 0 Å². The highest BCUT2D eigenvalue weighted by atomic mass is 35.5. The molecule has 0 saturated heterocycles. The van der Waals surface area contributed by atoms with Gasteiger partial charge < -0.3 is 14.9 Å². The Bertz CT molecular complexity index is 1580. The topological polar surface area (TPSA) is 143 Å². The molecule has 0 bridgehead atoms. The van der Waals surface area contributed by atoms with Gasteiger partial charge in [0.1, 0.15) is 16.6 Å². The van der Waals surface area contributed by atoms with E-state index in [-0.39, 0.29) is 30.3 Å². The van der Waals surface area contributed by atoms with Crippen molar-refractivity contribution in [3.05, 3.63) is 77.2 Å². The van der Waals surface area contributed by atoms with E-state index in [2.05, 4.69) is 25.0 Å². The Balaban J connectivity index is 1.17. The van der Waals surface area contributed by atoms with Crippen molar-refractivity contribution in [2.75, 3.05) is 11.9 Å². The van der Waals surface area contributed by atoms with Crippen LogP contribution in [0.5, 0.6) is 0 Å². The summed E-state index contributed by atoms with van der Waals surface area (Å²) in [5.41, 5.74) is 3.39. The van der Waals surface area contributed by atoms with Gasteiger partial charge in [0.05, 0.1) is 17.2 Å². The summed E-state index contributed by atoms with van der Waals surface area (Å²) in [6.07, 6.45) is 6.55. The molecule has 10 nitrogen and oxygen atoms in total. The number of halogens is 1. The number of benzene rings is 1. The van der Waals surface area contributed by atoms with Crippen LogP contribution in [0.2, 0.25) is 5.15 Å². The molecule has 40 heavy (non-hydrogen) atoms. The number of nitrogens with one attached hydrogen (secondary N) is 3. The van der Waals surface area contributed by atoms with Crippen molar-refractivity contribution in [3.63, 3.8) is 0 Å². The van der Waals surface area contributed by atoms with Gasteiger partial charge in [-0.05, 0) is 73.6 Å². The summed E-state index contributed by atoms with van der Waals surface area (Å²) in [4.78, 5) is 39.6. The maximum Gasteiger partial charge on any atom is 0.261 e. The lowest BCUT2D eigenvalue weighted by molar-refractivity contribution is 0.0500. The van der Waals surface area contributed by atoms with Gasteiger partial charge in [0.2, 0.25) is 0 Å². The first-order valence-corrected chi connectivity index (χ1v) is 14.5. The number of anilines is 1. The first-order valence-electron chi connectivity index (χ1n) is 13.1. The van der Waals surface area contributed by atoms with Crippen LogP contribution in [0.1, 0.15) is 46.4 Å². The fourth-order valence-electron chi connectivity index (χ4n) is 5.91. The van der Waals surface area contributed by atoms with Crippen LogP contribution in [0.15, 0.2) is 60.9 Å². The SMILES string of the molecule is O=C1c2ccccc2C(=O)N1C(CNS(=O)[O-])C1CCC(Nc2cc(-c3c[nH]c4ncccc34)cc(Cl)n2)CC1. The third-order valence-electron chi connectivity index (χ3n) is 7.79. The number of carbonyl (C=O) groups is 2. The lowest BCUT2D eigenvalue weighted by Gasteiger charge is -2.38. The van der Waals surface area contributed by atoms with Crippen LogP contribution in [-0.2, 0) is 11.3 Å². The number of fused-ring (bicyclic) bond motifs is 2. The molecule has 1 aromatic carbocycles.